The smallest absolute Gasteiger partial charge is 0.00198 e. The molecule has 1 heteroatoms. The second-order valence-electron chi connectivity index (χ2n) is 4.62. The average molecular weight is 171 g/mol. The lowest BCUT2D eigenvalue weighted by atomic mass is 9.84. The summed E-state index contributed by atoms with van der Waals surface area (Å²) in [6.45, 7) is 13.5. The molecule has 0 aromatic rings. The van der Waals surface area contributed by atoms with E-state index < -0.39 is 0 Å². The molecule has 1 N–H and O–H groups in total. The van der Waals surface area contributed by atoms with Crippen molar-refractivity contribution in [3.8, 4) is 0 Å². The van der Waals surface area contributed by atoms with Crippen LogP contribution in [-0.4, -0.2) is 13.1 Å². The van der Waals surface area contributed by atoms with E-state index >= 15 is 0 Å². The van der Waals surface area contributed by atoms with Gasteiger partial charge in [0.25, 0.3) is 0 Å². The number of rotatable bonds is 1. The molecule has 0 aliphatic carbocycles. The van der Waals surface area contributed by atoms with Gasteiger partial charge >= 0.3 is 0 Å². The summed E-state index contributed by atoms with van der Waals surface area (Å²) in [6, 6.07) is 0. The summed E-state index contributed by atoms with van der Waals surface area (Å²) in [5.41, 5.74) is 0.524. The summed E-state index contributed by atoms with van der Waals surface area (Å²) in [4.78, 5) is 0. The van der Waals surface area contributed by atoms with Crippen LogP contribution in [0.1, 0.15) is 47.5 Å². The van der Waals surface area contributed by atoms with Gasteiger partial charge in [-0.25, -0.2) is 0 Å². The lowest BCUT2D eigenvalue weighted by Crippen LogP contribution is -2.15. The summed E-state index contributed by atoms with van der Waals surface area (Å²) in [7, 11) is 0. The Bertz CT molecular complexity index is 96.1. The van der Waals surface area contributed by atoms with Crippen LogP contribution in [0.3, 0.4) is 0 Å². The molecule has 0 spiro atoms. The highest BCUT2D eigenvalue weighted by Crippen LogP contribution is 2.27. The van der Waals surface area contributed by atoms with Crippen molar-refractivity contribution in [1.82, 2.24) is 5.32 Å². The SMILES string of the molecule is CC.CC(C)(C)CC1CCNC1. The van der Waals surface area contributed by atoms with E-state index in [4.69, 9.17) is 0 Å². The highest BCUT2D eigenvalue weighted by atomic mass is 14.9. The third-order valence-electron chi connectivity index (χ3n) is 2.06. The monoisotopic (exact) mass is 171 g/mol. The molecule has 1 aliphatic heterocycles. The van der Waals surface area contributed by atoms with Crippen molar-refractivity contribution in [2.45, 2.75) is 47.5 Å². The van der Waals surface area contributed by atoms with Gasteiger partial charge in [0.2, 0.25) is 0 Å². The molecular formula is C11H25N. The fourth-order valence-electron chi connectivity index (χ4n) is 1.75. The number of hydrogen-bond donors (Lipinski definition) is 1. The van der Waals surface area contributed by atoms with E-state index in [2.05, 4.69) is 26.1 Å². The minimum Gasteiger partial charge on any atom is -0.316 e. The van der Waals surface area contributed by atoms with E-state index in [1.165, 1.54) is 25.9 Å². The van der Waals surface area contributed by atoms with E-state index in [1.807, 2.05) is 13.8 Å². The van der Waals surface area contributed by atoms with Gasteiger partial charge in [-0.15, -0.1) is 0 Å². The lowest BCUT2D eigenvalue weighted by molar-refractivity contribution is 0.306. The third kappa shape index (κ3) is 5.59. The zero-order valence-corrected chi connectivity index (χ0v) is 9.41. The second kappa shape index (κ2) is 5.58. The van der Waals surface area contributed by atoms with Gasteiger partial charge < -0.3 is 5.32 Å². The fraction of sp³-hybridized carbons (Fsp3) is 1.00. The van der Waals surface area contributed by atoms with Crippen molar-refractivity contribution in [2.24, 2.45) is 11.3 Å². The zero-order valence-electron chi connectivity index (χ0n) is 9.41. The molecule has 1 atom stereocenters. The predicted octanol–water partition coefficient (Wildman–Crippen LogP) is 3.06. The molecule has 1 fully saturated rings. The molecule has 1 saturated heterocycles. The summed E-state index contributed by atoms with van der Waals surface area (Å²) in [6.07, 6.45) is 2.76. The normalized spacial score (nSPS) is 23.2. The van der Waals surface area contributed by atoms with Crippen LogP contribution in [0, 0.1) is 11.3 Å². The van der Waals surface area contributed by atoms with Gasteiger partial charge in [-0.3, -0.25) is 0 Å². The van der Waals surface area contributed by atoms with Gasteiger partial charge in [0.05, 0.1) is 0 Å². The molecule has 1 nitrogen and oxygen atoms in total. The van der Waals surface area contributed by atoms with Crippen molar-refractivity contribution in [3.05, 3.63) is 0 Å². The molecule has 1 aliphatic rings. The Labute approximate surface area is 77.9 Å². The maximum atomic E-state index is 3.39. The fourth-order valence-corrected chi connectivity index (χ4v) is 1.75. The number of hydrogen-bond acceptors (Lipinski definition) is 1. The Hall–Kier alpha value is -0.0400. The Morgan fingerprint density at radius 3 is 2.17 bits per heavy atom. The van der Waals surface area contributed by atoms with Gasteiger partial charge in [0, 0.05) is 0 Å². The van der Waals surface area contributed by atoms with Crippen LogP contribution in [0.5, 0.6) is 0 Å². The van der Waals surface area contributed by atoms with Crippen LogP contribution in [-0.2, 0) is 0 Å². The van der Waals surface area contributed by atoms with Crippen molar-refractivity contribution in [3.63, 3.8) is 0 Å². The molecule has 0 radical (unpaired) electrons. The summed E-state index contributed by atoms with van der Waals surface area (Å²) in [5.74, 6) is 0.944. The van der Waals surface area contributed by atoms with Crippen LogP contribution in [0.25, 0.3) is 0 Å². The lowest BCUT2D eigenvalue weighted by Gasteiger charge is -2.21. The van der Waals surface area contributed by atoms with Gasteiger partial charge in [-0.2, -0.15) is 0 Å². The van der Waals surface area contributed by atoms with Gasteiger partial charge in [-0.1, -0.05) is 34.6 Å². The maximum Gasteiger partial charge on any atom is -0.00198 e. The van der Waals surface area contributed by atoms with E-state index in [-0.39, 0.29) is 0 Å². The molecule has 0 aromatic heterocycles. The quantitative estimate of drug-likeness (QED) is 0.639. The first-order valence-corrected chi connectivity index (χ1v) is 5.29. The summed E-state index contributed by atoms with van der Waals surface area (Å²) < 4.78 is 0. The standard InChI is InChI=1S/C9H19N.C2H6/c1-9(2,3)6-8-4-5-10-7-8;1-2/h8,10H,4-7H2,1-3H3;1-2H3. The van der Waals surface area contributed by atoms with Gasteiger partial charge in [0.15, 0.2) is 0 Å². The molecule has 12 heavy (non-hydrogen) atoms. The van der Waals surface area contributed by atoms with E-state index in [0.29, 0.717) is 5.41 Å². The van der Waals surface area contributed by atoms with Gasteiger partial charge in [0.1, 0.15) is 0 Å². The van der Waals surface area contributed by atoms with Crippen LogP contribution in [0.4, 0.5) is 0 Å². The van der Waals surface area contributed by atoms with E-state index in [0.717, 1.165) is 5.92 Å². The molecule has 1 unspecified atom stereocenters. The van der Waals surface area contributed by atoms with E-state index in [1.54, 1.807) is 0 Å². The molecule has 0 amide bonds. The Morgan fingerprint density at radius 2 is 1.83 bits per heavy atom. The zero-order chi connectivity index (χ0) is 9.61. The van der Waals surface area contributed by atoms with Crippen LogP contribution in [0.15, 0.2) is 0 Å². The van der Waals surface area contributed by atoms with Crippen molar-refractivity contribution in [1.29, 1.82) is 0 Å². The van der Waals surface area contributed by atoms with Crippen LogP contribution >= 0.6 is 0 Å². The molecule has 0 bridgehead atoms. The molecule has 1 rings (SSSR count). The topological polar surface area (TPSA) is 12.0 Å². The minimum atomic E-state index is 0.524. The molecule has 0 saturated carbocycles. The first-order valence-electron chi connectivity index (χ1n) is 5.29. The highest BCUT2D eigenvalue weighted by Gasteiger charge is 2.21. The predicted molar refractivity (Wildman–Crippen MR) is 56.4 cm³/mol. The highest BCUT2D eigenvalue weighted by molar-refractivity contribution is 4.76. The van der Waals surface area contributed by atoms with Gasteiger partial charge in [-0.05, 0) is 37.3 Å². The van der Waals surface area contributed by atoms with E-state index in [9.17, 15) is 0 Å². The average Bonchev–Trinajstić information content (AvgIpc) is 2.41. The molecule has 74 valence electrons. The molecule has 1 heterocycles. The van der Waals surface area contributed by atoms with Crippen LogP contribution < -0.4 is 5.32 Å². The Morgan fingerprint density at radius 1 is 1.25 bits per heavy atom. The number of nitrogens with one attached hydrogen (secondary N) is 1. The third-order valence-corrected chi connectivity index (χ3v) is 2.06. The Balaban J connectivity index is 0.000000561. The minimum absolute atomic E-state index is 0.524. The molecular weight excluding hydrogens is 146 g/mol. The van der Waals surface area contributed by atoms with Crippen molar-refractivity contribution >= 4 is 0 Å². The summed E-state index contributed by atoms with van der Waals surface area (Å²) in [5, 5.41) is 3.39. The summed E-state index contributed by atoms with van der Waals surface area (Å²) >= 11 is 0. The van der Waals surface area contributed by atoms with Crippen LogP contribution in [0.2, 0.25) is 0 Å². The molecule has 0 aromatic carbocycles. The van der Waals surface area contributed by atoms with Crippen molar-refractivity contribution in [2.75, 3.05) is 13.1 Å². The second-order valence-corrected chi connectivity index (χ2v) is 4.62. The Kier molecular flexibility index (Phi) is 5.56. The first kappa shape index (κ1) is 12.0. The largest absolute Gasteiger partial charge is 0.316 e. The maximum absolute atomic E-state index is 3.39. The van der Waals surface area contributed by atoms with Crippen molar-refractivity contribution < 1.29 is 0 Å². The first-order chi connectivity index (χ1) is 5.58.